The van der Waals surface area contributed by atoms with Crippen LogP contribution in [0.3, 0.4) is 0 Å². The average molecular weight is 211 g/mol. The van der Waals surface area contributed by atoms with Crippen molar-refractivity contribution >= 4 is 0 Å². The molecule has 1 saturated heterocycles. The highest BCUT2D eigenvalue weighted by atomic mass is 16.5. The van der Waals surface area contributed by atoms with Gasteiger partial charge in [-0.2, -0.15) is 0 Å². The van der Waals surface area contributed by atoms with Crippen LogP contribution in [0.4, 0.5) is 0 Å². The van der Waals surface area contributed by atoms with Crippen LogP contribution in [0.15, 0.2) is 0 Å². The summed E-state index contributed by atoms with van der Waals surface area (Å²) in [5, 5.41) is 3.66. The number of rotatable bonds is 4. The summed E-state index contributed by atoms with van der Waals surface area (Å²) >= 11 is 0. The SMILES string of the molecule is CC1CCC(CNC(C)C2CCCC2)O1. The minimum Gasteiger partial charge on any atom is -0.374 e. The monoisotopic (exact) mass is 211 g/mol. The zero-order valence-corrected chi connectivity index (χ0v) is 10.2. The largest absolute Gasteiger partial charge is 0.374 e. The predicted octanol–water partition coefficient (Wildman–Crippen LogP) is 2.72. The first-order valence-corrected chi connectivity index (χ1v) is 6.64. The zero-order chi connectivity index (χ0) is 10.7. The Bertz CT molecular complexity index is 189. The van der Waals surface area contributed by atoms with Gasteiger partial charge in [-0.3, -0.25) is 0 Å². The zero-order valence-electron chi connectivity index (χ0n) is 10.2. The fraction of sp³-hybridized carbons (Fsp3) is 1.00. The normalized spacial score (nSPS) is 34.8. The summed E-state index contributed by atoms with van der Waals surface area (Å²) in [6, 6.07) is 0.687. The second kappa shape index (κ2) is 5.31. The van der Waals surface area contributed by atoms with Gasteiger partial charge in [-0.15, -0.1) is 0 Å². The van der Waals surface area contributed by atoms with Crippen LogP contribution in [0, 0.1) is 5.92 Å². The third kappa shape index (κ3) is 3.18. The molecule has 1 aliphatic heterocycles. The molecule has 2 fully saturated rings. The van der Waals surface area contributed by atoms with E-state index in [9.17, 15) is 0 Å². The van der Waals surface area contributed by atoms with Crippen LogP contribution < -0.4 is 5.32 Å². The van der Waals surface area contributed by atoms with E-state index in [-0.39, 0.29) is 0 Å². The van der Waals surface area contributed by atoms with E-state index in [1.165, 1.54) is 38.5 Å². The molecule has 0 radical (unpaired) electrons. The van der Waals surface area contributed by atoms with Crippen LogP contribution in [-0.2, 0) is 4.74 Å². The van der Waals surface area contributed by atoms with E-state index in [4.69, 9.17) is 4.74 Å². The number of hydrogen-bond acceptors (Lipinski definition) is 2. The molecule has 1 N–H and O–H groups in total. The van der Waals surface area contributed by atoms with Crippen molar-refractivity contribution in [3.8, 4) is 0 Å². The molecule has 0 amide bonds. The smallest absolute Gasteiger partial charge is 0.0704 e. The summed E-state index contributed by atoms with van der Waals surface area (Å²) in [7, 11) is 0. The van der Waals surface area contributed by atoms with Gasteiger partial charge in [0.25, 0.3) is 0 Å². The van der Waals surface area contributed by atoms with Gasteiger partial charge in [-0.05, 0) is 45.4 Å². The molecule has 1 saturated carbocycles. The molecule has 15 heavy (non-hydrogen) atoms. The highest BCUT2D eigenvalue weighted by molar-refractivity contribution is 4.80. The lowest BCUT2D eigenvalue weighted by molar-refractivity contribution is 0.0534. The molecular formula is C13H25NO. The van der Waals surface area contributed by atoms with E-state index < -0.39 is 0 Å². The highest BCUT2D eigenvalue weighted by Gasteiger charge is 2.25. The predicted molar refractivity (Wildman–Crippen MR) is 63.0 cm³/mol. The first-order valence-electron chi connectivity index (χ1n) is 6.64. The lowest BCUT2D eigenvalue weighted by atomic mass is 9.99. The summed E-state index contributed by atoms with van der Waals surface area (Å²) in [6.07, 6.45) is 9.17. The Morgan fingerprint density at radius 2 is 1.93 bits per heavy atom. The van der Waals surface area contributed by atoms with Gasteiger partial charge >= 0.3 is 0 Å². The molecule has 0 aromatic heterocycles. The van der Waals surface area contributed by atoms with Crippen molar-refractivity contribution in [1.82, 2.24) is 5.32 Å². The van der Waals surface area contributed by atoms with E-state index in [0.717, 1.165) is 12.5 Å². The van der Waals surface area contributed by atoms with Gasteiger partial charge in [0.1, 0.15) is 0 Å². The van der Waals surface area contributed by atoms with Crippen molar-refractivity contribution in [1.29, 1.82) is 0 Å². The lowest BCUT2D eigenvalue weighted by Crippen LogP contribution is -2.37. The molecule has 2 heteroatoms. The maximum atomic E-state index is 5.81. The summed E-state index contributed by atoms with van der Waals surface area (Å²) < 4.78 is 5.81. The van der Waals surface area contributed by atoms with Gasteiger partial charge in [-0.1, -0.05) is 12.8 Å². The van der Waals surface area contributed by atoms with Crippen molar-refractivity contribution in [2.45, 2.75) is 70.6 Å². The van der Waals surface area contributed by atoms with Crippen molar-refractivity contribution < 1.29 is 4.74 Å². The number of ether oxygens (including phenoxy) is 1. The quantitative estimate of drug-likeness (QED) is 0.772. The van der Waals surface area contributed by atoms with Crippen LogP contribution in [-0.4, -0.2) is 24.8 Å². The van der Waals surface area contributed by atoms with Gasteiger partial charge in [0.05, 0.1) is 12.2 Å². The molecule has 0 bridgehead atoms. The molecule has 2 aliphatic rings. The van der Waals surface area contributed by atoms with Crippen molar-refractivity contribution in [2.24, 2.45) is 5.92 Å². The number of hydrogen-bond donors (Lipinski definition) is 1. The summed E-state index contributed by atoms with van der Waals surface area (Å²) in [4.78, 5) is 0. The van der Waals surface area contributed by atoms with E-state index in [0.29, 0.717) is 18.2 Å². The Kier molecular flexibility index (Phi) is 4.04. The van der Waals surface area contributed by atoms with E-state index in [1.54, 1.807) is 0 Å². The van der Waals surface area contributed by atoms with Gasteiger partial charge < -0.3 is 10.1 Å². The standard InChI is InChI=1S/C13H25NO/c1-10-7-8-13(15-10)9-14-11(2)12-5-3-4-6-12/h10-14H,3-9H2,1-2H3. The molecule has 1 heterocycles. The van der Waals surface area contributed by atoms with Gasteiger partial charge in [0.2, 0.25) is 0 Å². The Balaban J connectivity index is 1.64. The Hall–Kier alpha value is -0.0800. The fourth-order valence-electron chi connectivity index (χ4n) is 2.98. The Morgan fingerprint density at radius 3 is 2.53 bits per heavy atom. The van der Waals surface area contributed by atoms with Gasteiger partial charge in [-0.25, -0.2) is 0 Å². The maximum Gasteiger partial charge on any atom is 0.0704 e. The molecule has 0 spiro atoms. The second-order valence-corrected chi connectivity index (χ2v) is 5.39. The molecule has 2 rings (SSSR count). The van der Waals surface area contributed by atoms with Crippen LogP contribution in [0.1, 0.15) is 52.4 Å². The third-order valence-corrected chi connectivity index (χ3v) is 4.09. The molecular weight excluding hydrogens is 186 g/mol. The third-order valence-electron chi connectivity index (χ3n) is 4.09. The first kappa shape index (κ1) is 11.4. The van der Waals surface area contributed by atoms with E-state index in [1.807, 2.05) is 0 Å². The highest BCUT2D eigenvalue weighted by Crippen LogP contribution is 2.27. The van der Waals surface area contributed by atoms with Crippen LogP contribution >= 0.6 is 0 Å². The molecule has 3 atom stereocenters. The van der Waals surface area contributed by atoms with Gasteiger partial charge in [0.15, 0.2) is 0 Å². The topological polar surface area (TPSA) is 21.3 Å². The maximum absolute atomic E-state index is 5.81. The average Bonchev–Trinajstić information content (AvgIpc) is 2.84. The van der Waals surface area contributed by atoms with Crippen molar-refractivity contribution in [3.05, 3.63) is 0 Å². The van der Waals surface area contributed by atoms with Crippen LogP contribution in [0.5, 0.6) is 0 Å². The van der Waals surface area contributed by atoms with E-state index >= 15 is 0 Å². The fourth-order valence-corrected chi connectivity index (χ4v) is 2.98. The molecule has 88 valence electrons. The minimum atomic E-state index is 0.476. The summed E-state index contributed by atoms with van der Waals surface area (Å²) in [5.41, 5.74) is 0. The first-order chi connectivity index (χ1) is 7.25. The lowest BCUT2D eigenvalue weighted by Gasteiger charge is -2.22. The van der Waals surface area contributed by atoms with Crippen LogP contribution in [0.25, 0.3) is 0 Å². The summed E-state index contributed by atoms with van der Waals surface area (Å²) in [6.45, 7) is 5.58. The minimum absolute atomic E-state index is 0.476. The van der Waals surface area contributed by atoms with Gasteiger partial charge in [0, 0.05) is 12.6 Å². The molecule has 3 unspecified atom stereocenters. The van der Waals surface area contributed by atoms with Crippen LogP contribution in [0.2, 0.25) is 0 Å². The van der Waals surface area contributed by atoms with Crippen molar-refractivity contribution in [3.63, 3.8) is 0 Å². The molecule has 0 aromatic carbocycles. The van der Waals surface area contributed by atoms with E-state index in [2.05, 4.69) is 19.2 Å². The summed E-state index contributed by atoms with van der Waals surface area (Å²) in [5.74, 6) is 0.920. The number of nitrogens with one attached hydrogen (secondary N) is 1. The molecule has 1 aliphatic carbocycles. The Labute approximate surface area is 93.8 Å². The Morgan fingerprint density at radius 1 is 1.20 bits per heavy atom. The molecule has 0 aromatic rings. The van der Waals surface area contributed by atoms with Crippen molar-refractivity contribution in [2.75, 3.05) is 6.54 Å². The second-order valence-electron chi connectivity index (χ2n) is 5.39. The molecule has 2 nitrogen and oxygen atoms in total.